The number of hydrogen-bond donors (Lipinski definition) is 2. The highest BCUT2D eigenvalue weighted by Gasteiger charge is 2.26. The molecule has 4 heterocycles. The number of benzene rings is 2. The molecule has 2 N–H and O–H groups in total. The summed E-state index contributed by atoms with van der Waals surface area (Å²) in [6.07, 6.45) is 3.95. The largest absolute Gasteiger partial charge is 0.382 e. The molecule has 0 saturated carbocycles. The first-order chi connectivity index (χ1) is 29.5. The molecule has 2 aliphatic heterocycles. The van der Waals surface area contributed by atoms with Gasteiger partial charge in [-0.3, -0.25) is 19.2 Å². The van der Waals surface area contributed by atoms with Crippen LogP contribution in [-0.4, -0.2) is 134 Å². The number of amides is 4. The third-order valence-corrected chi connectivity index (χ3v) is 11.8. The van der Waals surface area contributed by atoms with Crippen molar-refractivity contribution in [2.24, 2.45) is 0 Å². The van der Waals surface area contributed by atoms with E-state index in [1.807, 2.05) is 19.1 Å². The maximum atomic E-state index is 12.8. The number of pyridine rings is 2. The molecule has 2 aromatic heterocycles. The van der Waals surface area contributed by atoms with E-state index < -0.39 is 0 Å². The van der Waals surface area contributed by atoms with Gasteiger partial charge in [-0.2, -0.15) is 11.8 Å². The highest BCUT2D eigenvalue weighted by Crippen LogP contribution is 2.25. The van der Waals surface area contributed by atoms with Crippen molar-refractivity contribution in [2.45, 2.75) is 20.3 Å². The summed E-state index contributed by atoms with van der Waals surface area (Å²) in [7, 11) is 0. The van der Waals surface area contributed by atoms with Crippen molar-refractivity contribution in [1.82, 2.24) is 30.4 Å². The number of anilines is 2. The molecule has 2 saturated heterocycles. The van der Waals surface area contributed by atoms with Crippen LogP contribution in [0.3, 0.4) is 0 Å². The lowest BCUT2D eigenvalue weighted by atomic mass is 10.1. The van der Waals surface area contributed by atoms with E-state index >= 15 is 0 Å². The van der Waals surface area contributed by atoms with E-state index in [9.17, 15) is 19.2 Å². The van der Waals surface area contributed by atoms with Gasteiger partial charge in [0.25, 0.3) is 23.6 Å². The Balaban J connectivity index is 0.000000231. The Bertz CT molecular complexity index is 2080. The molecule has 2 aliphatic rings. The molecule has 326 valence electrons. The Labute approximate surface area is 381 Å². The molecular formula is C43H50Cl4N8O5S. The van der Waals surface area contributed by atoms with Crippen LogP contribution in [0.15, 0.2) is 73.1 Å². The highest BCUT2D eigenvalue weighted by atomic mass is 35.5. The Morgan fingerprint density at radius 2 is 1.10 bits per heavy atom. The summed E-state index contributed by atoms with van der Waals surface area (Å²) in [5, 5.41) is 7.48. The highest BCUT2D eigenvalue weighted by molar-refractivity contribution is 7.99. The molecule has 2 fully saturated rings. The van der Waals surface area contributed by atoms with Gasteiger partial charge in [-0.15, -0.1) is 0 Å². The van der Waals surface area contributed by atoms with E-state index in [-0.39, 0.29) is 23.6 Å². The van der Waals surface area contributed by atoms with Crippen molar-refractivity contribution in [2.75, 3.05) is 100.0 Å². The molecule has 2 aromatic carbocycles. The van der Waals surface area contributed by atoms with Crippen LogP contribution in [0.2, 0.25) is 20.1 Å². The summed E-state index contributed by atoms with van der Waals surface area (Å²) in [6, 6.07) is 17.0. The lowest BCUT2D eigenvalue weighted by molar-refractivity contribution is 0.0739. The number of carbonyl (C=O) groups excluding carboxylic acids is 4. The number of piperazine rings is 2. The fourth-order valence-electron chi connectivity index (χ4n) is 6.46. The molecule has 0 radical (unpaired) electrons. The van der Waals surface area contributed by atoms with Crippen molar-refractivity contribution in [3.05, 3.63) is 115 Å². The van der Waals surface area contributed by atoms with Crippen LogP contribution in [0.25, 0.3) is 0 Å². The normalized spacial score (nSPS) is 13.9. The Kier molecular flexibility index (Phi) is 19.1. The topological polar surface area (TPSA) is 140 Å². The minimum Gasteiger partial charge on any atom is -0.382 e. The molecular weight excluding hydrogens is 882 g/mol. The average molecular weight is 933 g/mol. The summed E-state index contributed by atoms with van der Waals surface area (Å²) in [6.45, 7) is 11.4. The number of aromatic nitrogens is 2. The van der Waals surface area contributed by atoms with Crippen LogP contribution in [0.5, 0.6) is 0 Å². The second-order valence-corrected chi connectivity index (χ2v) is 17.0. The zero-order valence-electron chi connectivity index (χ0n) is 34.2. The number of thioether (sulfide) groups is 1. The summed E-state index contributed by atoms with van der Waals surface area (Å²) in [4.78, 5) is 66.5. The summed E-state index contributed by atoms with van der Waals surface area (Å²) in [5.41, 5.74) is 1.98. The van der Waals surface area contributed by atoms with Crippen LogP contribution in [0, 0.1) is 0 Å². The number of hydrogen-bond acceptors (Lipinski definition) is 10. The maximum absolute atomic E-state index is 12.8. The lowest BCUT2D eigenvalue weighted by Gasteiger charge is -2.35. The molecule has 0 unspecified atom stereocenters. The van der Waals surface area contributed by atoms with Crippen molar-refractivity contribution >= 4 is 93.4 Å². The van der Waals surface area contributed by atoms with Gasteiger partial charge in [-0.1, -0.05) is 53.3 Å². The van der Waals surface area contributed by atoms with Gasteiger partial charge in [0, 0.05) is 107 Å². The van der Waals surface area contributed by atoms with Crippen molar-refractivity contribution in [3.63, 3.8) is 0 Å². The quantitative estimate of drug-likeness (QED) is 0.117. The van der Waals surface area contributed by atoms with Crippen LogP contribution in [0.1, 0.15) is 61.7 Å². The first-order valence-electron chi connectivity index (χ1n) is 20.1. The Morgan fingerprint density at radius 1 is 0.639 bits per heavy atom. The van der Waals surface area contributed by atoms with E-state index in [2.05, 4.69) is 37.3 Å². The molecule has 4 aromatic rings. The minimum absolute atomic E-state index is 0.0995. The number of ether oxygens (including phenoxy) is 1. The van der Waals surface area contributed by atoms with E-state index in [0.717, 1.165) is 29.6 Å². The number of rotatable bonds is 15. The molecule has 4 amide bonds. The molecule has 0 atom stereocenters. The van der Waals surface area contributed by atoms with Crippen LogP contribution < -0.4 is 20.4 Å². The third-order valence-electron chi connectivity index (χ3n) is 9.82. The van der Waals surface area contributed by atoms with Crippen molar-refractivity contribution in [1.29, 1.82) is 0 Å². The van der Waals surface area contributed by atoms with E-state index in [1.165, 1.54) is 0 Å². The molecule has 0 bridgehead atoms. The zero-order valence-corrected chi connectivity index (χ0v) is 38.0. The predicted octanol–water partition coefficient (Wildman–Crippen LogP) is 7.34. The van der Waals surface area contributed by atoms with E-state index in [0.29, 0.717) is 121 Å². The van der Waals surface area contributed by atoms with Gasteiger partial charge in [0.1, 0.15) is 11.6 Å². The van der Waals surface area contributed by atoms with Gasteiger partial charge < -0.3 is 35.0 Å². The lowest BCUT2D eigenvalue weighted by Crippen LogP contribution is -2.49. The standard InChI is InChI=1S/C22H26Cl2N4O3.C21H24Cl2N4O2S/c1-2-31-13-3-8-25-21(29)16-4-7-20(26-15-16)27-9-11-28(12-10-27)22(30)18-6-5-17(23)14-19(18)24;1-2-30-12-7-24-20(28)15-3-6-19(25-14-15)26-8-10-27(11-9-26)21(29)17-5-4-16(22)13-18(17)23/h4-7,14-15H,2-3,8-13H2,1H3,(H,25,29);3-6,13-14H,2,7-12H2,1H3,(H,24,28). The molecule has 0 aliphatic carbocycles. The van der Waals surface area contributed by atoms with Crippen molar-refractivity contribution in [3.8, 4) is 0 Å². The van der Waals surface area contributed by atoms with Crippen LogP contribution in [0.4, 0.5) is 11.6 Å². The monoisotopic (exact) mass is 930 g/mol. The van der Waals surface area contributed by atoms with Crippen LogP contribution in [-0.2, 0) is 4.74 Å². The number of carbonyl (C=O) groups is 4. The molecule has 18 heteroatoms. The number of nitrogens with zero attached hydrogens (tertiary/aromatic N) is 6. The van der Waals surface area contributed by atoms with Gasteiger partial charge in [0.15, 0.2) is 0 Å². The molecule has 13 nitrogen and oxygen atoms in total. The number of nitrogens with one attached hydrogen (secondary N) is 2. The number of halogens is 4. The summed E-state index contributed by atoms with van der Waals surface area (Å²) >= 11 is 26.0. The average Bonchev–Trinajstić information content (AvgIpc) is 3.28. The SMILES string of the molecule is CCOCCCNC(=O)c1ccc(N2CCN(C(=O)c3ccc(Cl)cc3Cl)CC2)nc1.CCSCCNC(=O)c1ccc(N2CCN(C(=O)c3ccc(Cl)cc3Cl)CC2)nc1. The predicted molar refractivity (Wildman–Crippen MR) is 246 cm³/mol. The van der Waals surface area contributed by atoms with Crippen molar-refractivity contribution < 1.29 is 23.9 Å². The first kappa shape index (κ1) is 47.7. The summed E-state index contributed by atoms with van der Waals surface area (Å²) < 4.78 is 5.26. The maximum Gasteiger partial charge on any atom is 0.255 e. The molecule has 6 rings (SSSR count). The smallest absolute Gasteiger partial charge is 0.255 e. The first-order valence-corrected chi connectivity index (χ1v) is 22.8. The van der Waals surface area contributed by atoms with Gasteiger partial charge in [0.05, 0.1) is 32.3 Å². The van der Waals surface area contributed by atoms with Crippen LogP contribution >= 0.6 is 58.2 Å². The van der Waals surface area contributed by atoms with Gasteiger partial charge in [-0.05, 0) is 79.8 Å². The fourth-order valence-corrected chi connectivity index (χ4v) is 7.98. The van der Waals surface area contributed by atoms with Gasteiger partial charge in [-0.25, -0.2) is 9.97 Å². The van der Waals surface area contributed by atoms with E-state index in [1.54, 1.807) is 82.5 Å². The second-order valence-electron chi connectivity index (χ2n) is 13.9. The molecule has 0 spiro atoms. The fraction of sp³-hybridized carbons (Fsp3) is 0.395. The van der Waals surface area contributed by atoms with Gasteiger partial charge >= 0.3 is 0 Å². The summed E-state index contributed by atoms with van der Waals surface area (Å²) in [5.74, 6) is 3.06. The van der Waals surface area contributed by atoms with Gasteiger partial charge in [0.2, 0.25) is 0 Å². The third kappa shape index (κ3) is 14.1. The second kappa shape index (κ2) is 24.4. The molecule has 61 heavy (non-hydrogen) atoms. The minimum atomic E-state index is -0.147. The van der Waals surface area contributed by atoms with E-state index in [4.69, 9.17) is 51.1 Å². The Morgan fingerprint density at radius 3 is 1.49 bits per heavy atom. The Hall–Kier alpha value is -4.31. The zero-order chi connectivity index (χ0) is 43.7.